The second kappa shape index (κ2) is 7.79. The summed E-state index contributed by atoms with van der Waals surface area (Å²) >= 11 is 1.49. The SMILES string of the molecule is Cc1nn([C@@H]2CCS(=O)(=O)C2)c2nc(-c3cccs3)cc(C(=O)Nc3cccc(F)c3)c12. The molecule has 1 N–H and O–H groups in total. The van der Waals surface area contributed by atoms with Gasteiger partial charge in [-0.25, -0.2) is 22.5 Å². The number of aromatic nitrogens is 3. The van der Waals surface area contributed by atoms with Gasteiger partial charge in [0, 0.05) is 5.69 Å². The number of nitrogens with zero attached hydrogens (tertiary/aromatic N) is 3. The zero-order valence-electron chi connectivity index (χ0n) is 17.1. The van der Waals surface area contributed by atoms with Gasteiger partial charge in [-0.15, -0.1) is 11.3 Å². The fourth-order valence-corrected chi connectivity index (χ4v) is 6.41. The number of carbonyl (C=O) groups is 1. The van der Waals surface area contributed by atoms with E-state index in [1.807, 2.05) is 17.5 Å². The zero-order chi connectivity index (χ0) is 22.5. The molecule has 5 rings (SSSR count). The number of carbonyl (C=O) groups excluding carboxylic acids is 1. The monoisotopic (exact) mass is 470 g/mol. The Labute approximate surface area is 187 Å². The van der Waals surface area contributed by atoms with Gasteiger partial charge in [0.1, 0.15) is 5.82 Å². The summed E-state index contributed by atoms with van der Waals surface area (Å²) in [5.41, 5.74) is 2.34. The minimum absolute atomic E-state index is 0.00104. The maximum atomic E-state index is 13.6. The van der Waals surface area contributed by atoms with Gasteiger partial charge < -0.3 is 5.32 Å². The summed E-state index contributed by atoms with van der Waals surface area (Å²) in [7, 11) is -3.13. The number of rotatable bonds is 4. The fraction of sp³-hybridized carbons (Fsp3) is 0.227. The second-order valence-electron chi connectivity index (χ2n) is 7.78. The highest BCUT2D eigenvalue weighted by Crippen LogP contribution is 2.33. The number of pyridine rings is 1. The average Bonchev–Trinajstić information content (AvgIpc) is 3.47. The Balaban J connectivity index is 1.67. The number of sulfone groups is 1. The van der Waals surface area contributed by atoms with Gasteiger partial charge in [-0.2, -0.15) is 5.10 Å². The highest BCUT2D eigenvalue weighted by atomic mass is 32.2. The zero-order valence-corrected chi connectivity index (χ0v) is 18.7. The van der Waals surface area contributed by atoms with Crippen molar-refractivity contribution in [3.8, 4) is 10.6 Å². The van der Waals surface area contributed by atoms with Crippen LogP contribution in [0.15, 0.2) is 47.8 Å². The maximum Gasteiger partial charge on any atom is 0.256 e. The predicted octanol–water partition coefficient (Wildman–Crippen LogP) is 4.22. The molecule has 1 amide bonds. The molecule has 4 aromatic rings. The quantitative estimate of drug-likeness (QED) is 0.482. The van der Waals surface area contributed by atoms with Crippen LogP contribution in [0.4, 0.5) is 10.1 Å². The maximum absolute atomic E-state index is 13.6. The van der Waals surface area contributed by atoms with Gasteiger partial charge in [0.15, 0.2) is 15.5 Å². The van der Waals surface area contributed by atoms with Crippen LogP contribution in [0.1, 0.15) is 28.5 Å². The lowest BCUT2D eigenvalue weighted by Gasteiger charge is -2.12. The summed E-state index contributed by atoms with van der Waals surface area (Å²) in [5, 5.41) is 9.80. The van der Waals surface area contributed by atoms with Crippen LogP contribution >= 0.6 is 11.3 Å². The van der Waals surface area contributed by atoms with Crippen molar-refractivity contribution in [1.29, 1.82) is 0 Å². The summed E-state index contributed by atoms with van der Waals surface area (Å²) in [5.74, 6) is -0.759. The first-order valence-electron chi connectivity index (χ1n) is 10.0. The third-order valence-electron chi connectivity index (χ3n) is 5.49. The Kier molecular flexibility index (Phi) is 5.06. The van der Waals surface area contributed by atoms with E-state index in [2.05, 4.69) is 10.4 Å². The minimum Gasteiger partial charge on any atom is -0.322 e. The lowest BCUT2D eigenvalue weighted by Crippen LogP contribution is -2.15. The van der Waals surface area contributed by atoms with Crippen molar-refractivity contribution in [3.63, 3.8) is 0 Å². The number of amides is 1. The fourth-order valence-electron chi connectivity index (χ4n) is 4.03. The van der Waals surface area contributed by atoms with Crippen molar-refractivity contribution < 1.29 is 17.6 Å². The largest absolute Gasteiger partial charge is 0.322 e. The first-order valence-corrected chi connectivity index (χ1v) is 12.7. The van der Waals surface area contributed by atoms with Crippen LogP contribution < -0.4 is 5.32 Å². The van der Waals surface area contributed by atoms with Crippen molar-refractivity contribution in [3.05, 3.63) is 64.9 Å². The van der Waals surface area contributed by atoms with Crippen molar-refractivity contribution in [2.45, 2.75) is 19.4 Å². The van der Waals surface area contributed by atoms with E-state index in [4.69, 9.17) is 4.98 Å². The molecule has 0 saturated carbocycles. The molecule has 164 valence electrons. The molecule has 1 fully saturated rings. The number of nitrogens with one attached hydrogen (secondary N) is 1. The van der Waals surface area contributed by atoms with Gasteiger partial charge in [-0.1, -0.05) is 12.1 Å². The molecule has 0 unspecified atom stereocenters. The molecule has 1 atom stereocenters. The first-order chi connectivity index (χ1) is 15.3. The van der Waals surface area contributed by atoms with Gasteiger partial charge in [-0.05, 0) is 49.1 Å². The molecule has 7 nitrogen and oxygen atoms in total. The van der Waals surface area contributed by atoms with Crippen LogP contribution in [0, 0.1) is 12.7 Å². The highest BCUT2D eigenvalue weighted by Gasteiger charge is 2.32. The summed E-state index contributed by atoms with van der Waals surface area (Å²) < 4.78 is 39.4. The van der Waals surface area contributed by atoms with E-state index in [0.29, 0.717) is 40.1 Å². The summed E-state index contributed by atoms with van der Waals surface area (Å²) in [6, 6.07) is 10.8. The third kappa shape index (κ3) is 3.80. The topological polar surface area (TPSA) is 93.9 Å². The number of anilines is 1. The Morgan fingerprint density at radius 2 is 2.09 bits per heavy atom. The normalized spacial score (nSPS) is 17.6. The molecule has 1 aromatic carbocycles. The predicted molar refractivity (Wildman–Crippen MR) is 122 cm³/mol. The standard InChI is InChI=1S/C22H19FN4O3S2/c1-13-20-17(22(28)24-15-5-2-4-14(23)10-15)11-18(19-6-3-8-31-19)25-21(20)27(26-13)16-7-9-32(29,30)12-16/h2-6,8,10-11,16H,7,9,12H2,1H3,(H,24,28)/t16-/m1/s1. The van der Waals surface area contributed by atoms with E-state index in [-0.39, 0.29) is 17.5 Å². The second-order valence-corrected chi connectivity index (χ2v) is 11.0. The minimum atomic E-state index is -3.13. The Morgan fingerprint density at radius 3 is 2.78 bits per heavy atom. The molecule has 32 heavy (non-hydrogen) atoms. The lowest BCUT2D eigenvalue weighted by molar-refractivity contribution is 0.102. The molecule has 0 bridgehead atoms. The van der Waals surface area contributed by atoms with Crippen LogP contribution in [-0.4, -0.2) is 40.6 Å². The van der Waals surface area contributed by atoms with Crippen LogP contribution in [-0.2, 0) is 9.84 Å². The van der Waals surface area contributed by atoms with Crippen molar-refractivity contribution in [2.24, 2.45) is 0 Å². The third-order valence-corrected chi connectivity index (χ3v) is 8.13. The van der Waals surface area contributed by atoms with E-state index in [1.165, 1.54) is 29.5 Å². The van der Waals surface area contributed by atoms with E-state index >= 15 is 0 Å². The van der Waals surface area contributed by atoms with Gasteiger partial charge >= 0.3 is 0 Å². The van der Waals surface area contributed by atoms with Crippen LogP contribution in [0.25, 0.3) is 21.6 Å². The van der Waals surface area contributed by atoms with Crippen LogP contribution in [0.3, 0.4) is 0 Å². The highest BCUT2D eigenvalue weighted by molar-refractivity contribution is 7.91. The van der Waals surface area contributed by atoms with Crippen molar-refractivity contribution in [1.82, 2.24) is 14.8 Å². The Bertz CT molecular complexity index is 1450. The van der Waals surface area contributed by atoms with Gasteiger partial charge in [0.2, 0.25) is 0 Å². The molecule has 0 aliphatic carbocycles. The molecule has 1 aliphatic heterocycles. The number of hydrogen-bond acceptors (Lipinski definition) is 6. The van der Waals surface area contributed by atoms with Gasteiger partial charge in [0.05, 0.1) is 44.8 Å². The van der Waals surface area contributed by atoms with Crippen molar-refractivity contribution >= 4 is 43.8 Å². The van der Waals surface area contributed by atoms with Crippen LogP contribution in [0.2, 0.25) is 0 Å². The molecule has 1 aliphatic rings. The van der Waals surface area contributed by atoms with Gasteiger partial charge in [-0.3, -0.25) is 4.79 Å². The molecule has 10 heteroatoms. The number of thiophene rings is 1. The molecule has 3 aromatic heterocycles. The molecule has 0 radical (unpaired) electrons. The molecule has 0 spiro atoms. The Morgan fingerprint density at radius 1 is 1.25 bits per heavy atom. The molecular weight excluding hydrogens is 451 g/mol. The number of halogens is 1. The van der Waals surface area contributed by atoms with E-state index < -0.39 is 21.6 Å². The number of benzene rings is 1. The number of fused-ring (bicyclic) bond motifs is 1. The average molecular weight is 471 g/mol. The number of hydrogen-bond donors (Lipinski definition) is 1. The number of aryl methyl sites for hydroxylation is 1. The lowest BCUT2D eigenvalue weighted by atomic mass is 10.1. The molecule has 1 saturated heterocycles. The smallest absolute Gasteiger partial charge is 0.256 e. The van der Waals surface area contributed by atoms with Crippen LogP contribution in [0.5, 0.6) is 0 Å². The Hall–Kier alpha value is -3.11. The van der Waals surface area contributed by atoms with E-state index in [9.17, 15) is 17.6 Å². The molecule has 4 heterocycles. The van der Waals surface area contributed by atoms with E-state index in [0.717, 1.165) is 4.88 Å². The van der Waals surface area contributed by atoms with Gasteiger partial charge in [0.25, 0.3) is 5.91 Å². The summed E-state index contributed by atoms with van der Waals surface area (Å²) in [6.07, 6.45) is 0.453. The summed E-state index contributed by atoms with van der Waals surface area (Å²) in [4.78, 5) is 18.9. The first kappa shape index (κ1) is 20.8. The molecular formula is C22H19FN4O3S2. The summed E-state index contributed by atoms with van der Waals surface area (Å²) in [6.45, 7) is 1.77. The van der Waals surface area contributed by atoms with Crippen molar-refractivity contribution in [2.75, 3.05) is 16.8 Å². The van der Waals surface area contributed by atoms with E-state index in [1.54, 1.807) is 23.7 Å².